The molecule has 3 heteroatoms. The molecule has 1 nitrogen and oxygen atoms in total. The zero-order valence-electron chi connectivity index (χ0n) is 14.5. The second-order valence-corrected chi connectivity index (χ2v) is 9.70. The van der Waals surface area contributed by atoms with E-state index in [9.17, 15) is 4.57 Å². The van der Waals surface area contributed by atoms with Gasteiger partial charge in [0.2, 0.25) is 0 Å². The molecule has 4 rings (SSSR count). The van der Waals surface area contributed by atoms with E-state index in [1.807, 2.05) is 72.8 Å². The van der Waals surface area contributed by atoms with E-state index in [-0.39, 0.29) is 0 Å². The van der Waals surface area contributed by atoms with Crippen LogP contribution in [-0.4, -0.2) is 6.26 Å². The number of rotatable bonds is 4. The van der Waals surface area contributed by atoms with Crippen molar-refractivity contribution in [3.05, 3.63) is 97.1 Å². The molecule has 0 fully saturated rings. The lowest BCUT2D eigenvalue weighted by Crippen LogP contribution is -2.25. The van der Waals surface area contributed by atoms with Crippen molar-refractivity contribution >= 4 is 45.6 Å². The third kappa shape index (κ3) is 2.80. The monoisotopic (exact) mass is 374 g/mol. The van der Waals surface area contributed by atoms with Crippen LogP contribution in [0, 0.1) is 0 Å². The van der Waals surface area contributed by atoms with Gasteiger partial charge in [-0.3, -0.25) is 0 Å². The van der Waals surface area contributed by atoms with Crippen LogP contribution >= 0.6 is 18.9 Å². The highest BCUT2D eigenvalue weighted by atomic mass is 32.2. The molecule has 0 amide bonds. The normalized spacial score (nSPS) is 11.6. The summed E-state index contributed by atoms with van der Waals surface area (Å²) in [6.45, 7) is 0. The molecule has 0 radical (unpaired) electrons. The lowest BCUT2D eigenvalue weighted by Gasteiger charge is -2.22. The van der Waals surface area contributed by atoms with Gasteiger partial charge in [0.1, 0.15) is 0 Å². The third-order valence-electron chi connectivity index (χ3n) is 4.64. The highest BCUT2D eigenvalue weighted by Crippen LogP contribution is 2.45. The van der Waals surface area contributed by atoms with Gasteiger partial charge in [0, 0.05) is 26.2 Å². The first-order valence-corrected chi connectivity index (χ1v) is 11.5. The highest BCUT2D eigenvalue weighted by molar-refractivity contribution is 7.99. The lowest BCUT2D eigenvalue weighted by atomic mass is 10.1. The van der Waals surface area contributed by atoms with E-state index in [4.69, 9.17) is 0 Å². The quantitative estimate of drug-likeness (QED) is 0.361. The Kier molecular flexibility index (Phi) is 4.72. The SMILES string of the molecule is CSc1cccc2cccc(P(=O)(c3ccccc3)c3ccccc3)c12. The second kappa shape index (κ2) is 7.15. The largest absolute Gasteiger partial charge is 0.309 e. The van der Waals surface area contributed by atoms with Gasteiger partial charge in [0.25, 0.3) is 0 Å². The molecule has 0 N–H and O–H groups in total. The number of fused-ring (bicyclic) bond motifs is 1. The maximum Gasteiger partial charge on any atom is 0.171 e. The van der Waals surface area contributed by atoms with Crippen molar-refractivity contribution in [2.75, 3.05) is 6.26 Å². The summed E-state index contributed by atoms with van der Waals surface area (Å²) in [6.07, 6.45) is 2.07. The summed E-state index contributed by atoms with van der Waals surface area (Å²) in [4.78, 5) is 1.16. The van der Waals surface area contributed by atoms with Crippen molar-refractivity contribution in [2.24, 2.45) is 0 Å². The summed E-state index contributed by atoms with van der Waals surface area (Å²) in [6, 6.07) is 32.1. The predicted molar refractivity (Wildman–Crippen MR) is 115 cm³/mol. The summed E-state index contributed by atoms with van der Waals surface area (Å²) in [7, 11) is -2.98. The fourth-order valence-corrected chi connectivity index (χ4v) is 7.04. The maximum absolute atomic E-state index is 14.7. The van der Waals surface area contributed by atoms with E-state index in [2.05, 4.69) is 30.5 Å². The molecule has 4 aromatic rings. The van der Waals surface area contributed by atoms with Crippen LogP contribution in [0.3, 0.4) is 0 Å². The Balaban J connectivity index is 2.13. The Morgan fingerprint density at radius 3 is 1.73 bits per heavy atom. The molecule has 0 atom stereocenters. The van der Waals surface area contributed by atoms with Crippen molar-refractivity contribution in [2.45, 2.75) is 4.90 Å². The third-order valence-corrected chi connectivity index (χ3v) is 8.53. The average Bonchev–Trinajstić information content (AvgIpc) is 2.73. The molecule has 0 aliphatic carbocycles. The van der Waals surface area contributed by atoms with Gasteiger partial charge < -0.3 is 4.57 Å². The molecule has 0 unspecified atom stereocenters. The van der Waals surface area contributed by atoms with Gasteiger partial charge in [-0.15, -0.1) is 11.8 Å². The predicted octanol–water partition coefficient (Wildman–Crippen LogP) is 5.20. The van der Waals surface area contributed by atoms with E-state index in [0.717, 1.165) is 31.6 Å². The zero-order valence-corrected chi connectivity index (χ0v) is 16.2. The number of hydrogen-bond acceptors (Lipinski definition) is 2. The lowest BCUT2D eigenvalue weighted by molar-refractivity contribution is 0.592. The van der Waals surface area contributed by atoms with Gasteiger partial charge >= 0.3 is 0 Å². The van der Waals surface area contributed by atoms with E-state index in [0.29, 0.717) is 0 Å². The van der Waals surface area contributed by atoms with Crippen LogP contribution < -0.4 is 15.9 Å². The molecule has 0 aromatic heterocycles. The smallest absolute Gasteiger partial charge is 0.171 e. The Labute approximate surface area is 158 Å². The van der Waals surface area contributed by atoms with Crippen LogP contribution in [0.25, 0.3) is 10.8 Å². The van der Waals surface area contributed by atoms with Gasteiger partial charge in [-0.1, -0.05) is 91.0 Å². The first kappa shape index (κ1) is 17.1. The zero-order chi connectivity index (χ0) is 18.0. The molecular formula is C23H19OPS. The van der Waals surface area contributed by atoms with Crippen molar-refractivity contribution in [1.29, 1.82) is 0 Å². The molecule has 128 valence electrons. The summed E-state index contributed by atoms with van der Waals surface area (Å²) < 4.78 is 14.7. The summed E-state index contributed by atoms with van der Waals surface area (Å²) in [5.41, 5.74) is 0. The summed E-state index contributed by atoms with van der Waals surface area (Å²) in [5, 5.41) is 4.88. The first-order valence-electron chi connectivity index (χ1n) is 8.53. The van der Waals surface area contributed by atoms with Crippen LogP contribution in [0.15, 0.2) is 102 Å². The Hall–Kier alpha value is -2.28. The molecule has 26 heavy (non-hydrogen) atoms. The van der Waals surface area contributed by atoms with E-state index in [1.54, 1.807) is 11.8 Å². The molecule has 0 spiro atoms. The van der Waals surface area contributed by atoms with Gasteiger partial charge in [0.05, 0.1) is 0 Å². The van der Waals surface area contributed by atoms with Crippen LogP contribution in [0.5, 0.6) is 0 Å². The van der Waals surface area contributed by atoms with Gasteiger partial charge in [-0.2, -0.15) is 0 Å². The number of thioether (sulfide) groups is 1. The molecular weight excluding hydrogens is 355 g/mol. The van der Waals surface area contributed by atoms with E-state index in [1.165, 1.54) is 0 Å². The van der Waals surface area contributed by atoms with Crippen molar-refractivity contribution in [1.82, 2.24) is 0 Å². The molecule has 0 saturated carbocycles. The Bertz CT molecular complexity index is 1040. The number of benzene rings is 4. The Morgan fingerprint density at radius 1 is 0.654 bits per heavy atom. The van der Waals surface area contributed by atoms with Crippen molar-refractivity contribution < 1.29 is 4.57 Å². The minimum atomic E-state index is -2.98. The molecule has 0 aliphatic heterocycles. The van der Waals surface area contributed by atoms with Crippen molar-refractivity contribution in [3.63, 3.8) is 0 Å². The van der Waals surface area contributed by atoms with Crippen LogP contribution in [0.1, 0.15) is 0 Å². The second-order valence-electron chi connectivity index (χ2n) is 6.12. The molecule has 4 aromatic carbocycles. The van der Waals surface area contributed by atoms with Gasteiger partial charge in [-0.25, -0.2) is 0 Å². The molecule has 0 heterocycles. The first-order chi connectivity index (χ1) is 12.7. The van der Waals surface area contributed by atoms with Gasteiger partial charge in [0.15, 0.2) is 7.14 Å². The van der Waals surface area contributed by atoms with E-state index < -0.39 is 7.14 Å². The minimum absolute atomic E-state index is 0.870. The molecule has 0 bridgehead atoms. The van der Waals surface area contributed by atoms with Crippen LogP contribution in [0.4, 0.5) is 0 Å². The topological polar surface area (TPSA) is 17.1 Å². The molecule has 0 aliphatic rings. The number of hydrogen-bond donors (Lipinski definition) is 0. The van der Waals surface area contributed by atoms with Crippen molar-refractivity contribution in [3.8, 4) is 0 Å². The van der Waals surface area contributed by atoms with E-state index >= 15 is 0 Å². The highest BCUT2D eigenvalue weighted by Gasteiger charge is 2.31. The van der Waals surface area contributed by atoms with Crippen LogP contribution in [-0.2, 0) is 4.57 Å². The van der Waals surface area contributed by atoms with Crippen LogP contribution in [0.2, 0.25) is 0 Å². The minimum Gasteiger partial charge on any atom is -0.309 e. The fraction of sp³-hybridized carbons (Fsp3) is 0.0435. The summed E-state index contributed by atoms with van der Waals surface area (Å²) in [5.74, 6) is 0. The fourth-order valence-electron chi connectivity index (χ4n) is 3.42. The maximum atomic E-state index is 14.7. The standard InChI is InChI=1S/C23H19OPS/c1-26-22-17-9-11-18-10-8-16-21(23(18)22)25(24,19-12-4-2-5-13-19)20-14-6-3-7-15-20/h2-17H,1H3. The van der Waals surface area contributed by atoms with Gasteiger partial charge in [-0.05, 0) is 17.7 Å². The molecule has 0 saturated heterocycles. The summed E-state index contributed by atoms with van der Waals surface area (Å²) >= 11 is 1.70. The average molecular weight is 374 g/mol. The Morgan fingerprint density at radius 2 is 1.19 bits per heavy atom.